The topological polar surface area (TPSA) is 85.1 Å². The molecule has 0 saturated carbocycles. The Balaban J connectivity index is 1.69. The van der Waals surface area contributed by atoms with Crippen LogP contribution in [-0.2, 0) is 13.6 Å². The van der Waals surface area contributed by atoms with Crippen molar-refractivity contribution in [2.75, 3.05) is 18.5 Å². The first-order valence-electron chi connectivity index (χ1n) is 7.66. The van der Waals surface area contributed by atoms with Crippen LogP contribution < -0.4 is 10.1 Å². The number of aliphatic hydroxyl groups is 1. The third-order valence-electron chi connectivity index (χ3n) is 3.44. The van der Waals surface area contributed by atoms with Crippen LogP contribution in [0, 0.1) is 0 Å². The van der Waals surface area contributed by atoms with E-state index in [9.17, 15) is 0 Å². The molecule has 124 valence electrons. The van der Waals surface area contributed by atoms with Gasteiger partial charge in [0, 0.05) is 17.8 Å². The van der Waals surface area contributed by atoms with Gasteiger partial charge in [-0.1, -0.05) is 24.3 Å². The second-order valence-electron chi connectivity index (χ2n) is 5.22. The van der Waals surface area contributed by atoms with Gasteiger partial charge in [0.15, 0.2) is 0 Å². The van der Waals surface area contributed by atoms with Gasteiger partial charge in [0.25, 0.3) is 0 Å². The first-order chi connectivity index (χ1) is 11.8. The third kappa shape index (κ3) is 3.88. The van der Waals surface area contributed by atoms with E-state index in [-0.39, 0.29) is 6.61 Å². The molecule has 0 radical (unpaired) electrons. The maximum Gasteiger partial charge on any atom is 0.206 e. The van der Waals surface area contributed by atoms with Gasteiger partial charge >= 0.3 is 0 Å². The average Bonchev–Trinajstić information content (AvgIpc) is 3.05. The Labute approximate surface area is 139 Å². The summed E-state index contributed by atoms with van der Waals surface area (Å²) in [6.07, 6.45) is 0. The Bertz CT molecular complexity index is 786. The van der Waals surface area contributed by atoms with E-state index in [0.717, 1.165) is 22.6 Å². The number of nitrogens with zero attached hydrogens (tertiary/aromatic N) is 4. The van der Waals surface area contributed by atoms with Crippen LogP contribution in [-0.4, -0.2) is 38.5 Å². The first kappa shape index (κ1) is 15.9. The van der Waals surface area contributed by atoms with Crippen LogP contribution in [0.5, 0.6) is 5.75 Å². The van der Waals surface area contributed by atoms with Crippen molar-refractivity contribution in [2.24, 2.45) is 7.05 Å². The van der Waals surface area contributed by atoms with Crippen molar-refractivity contribution in [1.29, 1.82) is 0 Å². The molecule has 2 N–H and O–H groups in total. The molecule has 0 unspecified atom stereocenters. The van der Waals surface area contributed by atoms with Gasteiger partial charge in [0.2, 0.25) is 5.82 Å². The van der Waals surface area contributed by atoms with Crippen LogP contribution in [0.15, 0.2) is 48.5 Å². The summed E-state index contributed by atoms with van der Waals surface area (Å²) >= 11 is 0. The number of aryl methyl sites for hydroxylation is 1. The highest BCUT2D eigenvalue weighted by Gasteiger charge is 2.09. The molecule has 7 nitrogen and oxygen atoms in total. The normalized spacial score (nSPS) is 10.6. The van der Waals surface area contributed by atoms with Crippen molar-refractivity contribution in [1.82, 2.24) is 20.2 Å². The maximum atomic E-state index is 8.76. The molecule has 0 spiro atoms. The van der Waals surface area contributed by atoms with E-state index in [1.165, 1.54) is 4.80 Å². The van der Waals surface area contributed by atoms with E-state index < -0.39 is 0 Å². The molecule has 1 aromatic heterocycles. The van der Waals surface area contributed by atoms with Crippen LogP contribution in [0.2, 0.25) is 0 Å². The van der Waals surface area contributed by atoms with Gasteiger partial charge in [0.05, 0.1) is 13.7 Å². The number of nitrogens with one attached hydrogen (secondary N) is 1. The monoisotopic (exact) mass is 325 g/mol. The van der Waals surface area contributed by atoms with Crippen molar-refractivity contribution < 1.29 is 9.84 Å². The van der Waals surface area contributed by atoms with Gasteiger partial charge in [0.1, 0.15) is 12.4 Å². The fourth-order valence-corrected chi connectivity index (χ4v) is 2.29. The quantitative estimate of drug-likeness (QED) is 0.690. The molecule has 0 aliphatic carbocycles. The van der Waals surface area contributed by atoms with Gasteiger partial charge in [-0.3, -0.25) is 0 Å². The number of ether oxygens (including phenoxy) is 1. The number of tetrazole rings is 1. The zero-order valence-corrected chi connectivity index (χ0v) is 13.4. The predicted molar refractivity (Wildman–Crippen MR) is 90.6 cm³/mol. The zero-order chi connectivity index (χ0) is 16.8. The van der Waals surface area contributed by atoms with Crippen LogP contribution in [0.25, 0.3) is 11.4 Å². The molecule has 3 aromatic rings. The molecule has 0 amide bonds. The minimum Gasteiger partial charge on any atom is -0.491 e. The van der Waals surface area contributed by atoms with Gasteiger partial charge in [-0.25, -0.2) is 0 Å². The fourth-order valence-electron chi connectivity index (χ4n) is 2.29. The molecule has 0 atom stereocenters. The second kappa shape index (κ2) is 7.56. The van der Waals surface area contributed by atoms with E-state index in [2.05, 4.69) is 20.7 Å². The highest BCUT2D eigenvalue weighted by molar-refractivity contribution is 5.72. The standard InChI is InChI=1S/C17H19N5O2/c1-22-20-17(19-21-22)15-4-2-3-5-16(15)18-12-13-6-8-14(9-7-13)24-11-10-23/h2-9,18,23H,10-12H2,1H3. The van der Waals surface area contributed by atoms with E-state index in [4.69, 9.17) is 9.84 Å². The van der Waals surface area contributed by atoms with Gasteiger partial charge in [-0.15, -0.1) is 10.2 Å². The number of rotatable bonds is 7. The number of aliphatic hydroxyl groups excluding tert-OH is 1. The molecule has 0 saturated heterocycles. The molecule has 2 aromatic carbocycles. The second-order valence-corrected chi connectivity index (χ2v) is 5.22. The van der Waals surface area contributed by atoms with E-state index >= 15 is 0 Å². The molecule has 0 fully saturated rings. The summed E-state index contributed by atoms with van der Waals surface area (Å²) in [6, 6.07) is 15.6. The van der Waals surface area contributed by atoms with Crippen molar-refractivity contribution >= 4 is 5.69 Å². The summed E-state index contributed by atoms with van der Waals surface area (Å²) in [4.78, 5) is 1.44. The largest absolute Gasteiger partial charge is 0.491 e. The Morgan fingerprint density at radius 2 is 1.92 bits per heavy atom. The van der Waals surface area contributed by atoms with Crippen LogP contribution in [0.3, 0.4) is 0 Å². The number of anilines is 1. The summed E-state index contributed by atoms with van der Waals surface area (Å²) in [5, 5.41) is 24.4. The Kier molecular flexibility index (Phi) is 5.02. The summed E-state index contributed by atoms with van der Waals surface area (Å²) in [5.74, 6) is 1.34. The fraction of sp³-hybridized carbons (Fsp3) is 0.235. The smallest absolute Gasteiger partial charge is 0.206 e. The van der Waals surface area contributed by atoms with Crippen molar-refractivity contribution in [3.63, 3.8) is 0 Å². The molecule has 24 heavy (non-hydrogen) atoms. The average molecular weight is 325 g/mol. The van der Waals surface area contributed by atoms with E-state index in [0.29, 0.717) is 19.0 Å². The highest BCUT2D eigenvalue weighted by Crippen LogP contribution is 2.25. The minimum absolute atomic E-state index is 0.0104. The number of hydrogen-bond acceptors (Lipinski definition) is 6. The van der Waals surface area contributed by atoms with Crippen molar-refractivity contribution in [3.8, 4) is 17.1 Å². The zero-order valence-electron chi connectivity index (χ0n) is 13.4. The highest BCUT2D eigenvalue weighted by atomic mass is 16.5. The lowest BCUT2D eigenvalue weighted by atomic mass is 10.1. The summed E-state index contributed by atoms with van der Waals surface area (Å²) < 4.78 is 5.36. The SMILES string of the molecule is Cn1nnc(-c2ccccc2NCc2ccc(OCCO)cc2)n1. The molecule has 0 bridgehead atoms. The van der Waals surface area contributed by atoms with Gasteiger partial charge < -0.3 is 15.2 Å². The molecule has 0 aliphatic heterocycles. The number of aromatic nitrogens is 4. The number of para-hydroxylation sites is 1. The van der Waals surface area contributed by atoms with Crippen molar-refractivity contribution in [2.45, 2.75) is 6.54 Å². The summed E-state index contributed by atoms with van der Waals surface area (Å²) in [5.41, 5.74) is 2.98. The van der Waals surface area contributed by atoms with Crippen LogP contribution >= 0.6 is 0 Å². The number of hydrogen-bond donors (Lipinski definition) is 2. The summed E-state index contributed by atoms with van der Waals surface area (Å²) in [6.45, 7) is 0.976. The summed E-state index contributed by atoms with van der Waals surface area (Å²) in [7, 11) is 1.74. The Hall–Kier alpha value is -2.93. The Morgan fingerprint density at radius 3 is 2.62 bits per heavy atom. The van der Waals surface area contributed by atoms with E-state index in [1.807, 2.05) is 48.5 Å². The minimum atomic E-state index is 0.0104. The van der Waals surface area contributed by atoms with E-state index in [1.54, 1.807) is 7.05 Å². The van der Waals surface area contributed by atoms with Crippen molar-refractivity contribution in [3.05, 3.63) is 54.1 Å². The van der Waals surface area contributed by atoms with Gasteiger partial charge in [-0.05, 0) is 35.0 Å². The lowest BCUT2D eigenvalue weighted by molar-refractivity contribution is 0.201. The molecular formula is C17H19N5O2. The maximum absolute atomic E-state index is 8.76. The molecule has 0 aliphatic rings. The predicted octanol–water partition coefficient (Wildman–Crippen LogP) is 1.86. The lowest BCUT2D eigenvalue weighted by Crippen LogP contribution is -2.03. The molecule has 7 heteroatoms. The lowest BCUT2D eigenvalue weighted by Gasteiger charge is -2.10. The van der Waals surface area contributed by atoms with Crippen LogP contribution in [0.1, 0.15) is 5.56 Å². The molecule has 1 heterocycles. The first-order valence-corrected chi connectivity index (χ1v) is 7.66. The van der Waals surface area contributed by atoms with Crippen LogP contribution in [0.4, 0.5) is 5.69 Å². The Morgan fingerprint density at radius 1 is 1.12 bits per heavy atom. The third-order valence-corrected chi connectivity index (χ3v) is 3.44. The number of benzene rings is 2. The molecule has 3 rings (SSSR count). The molecular weight excluding hydrogens is 306 g/mol. The van der Waals surface area contributed by atoms with Gasteiger partial charge in [-0.2, -0.15) is 4.80 Å².